The molecule has 1 aromatic carbocycles. The maximum absolute atomic E-state index is 8.97. The van der Waals surface area contributed by atoms with Gasteiger partial charge in [-0.25, -0.2) is 0 Å². The topological polar surface area (TPSA) is 74.4 Å². The Balaban J connectivity index is 1.42. The molecule has 0 bridgehead atoms. The Hall–Kier alpha value is -1.76. The number of benzene rings is 1. The van der Waals surface area contributed by atoms with Crippen LogP contribution in [-0.2, 0) is 6.54 Å². The molecule has 24 heavy (non-hydrogen) atoms. The SMILES string of the molecule is Cc1ccc(-c2nnc(CNCC3CCN(CCO)CC3)o2)cc1. The lowest BCUT2D eigenvalue weighted by molar-refractivity contribution is 0.146. The van der Waals surface area contributed by atoms with Crippen molar-refractivity contribution in [2.45, 2.75) is 26.3 Å². The van der Waals surface area contributed by atoms with Crippen molar-refractivity contribution < 1.29 is 9.52 Å². The second-order valence-corrected chi connectivity index (χ2v) is 6.51. The van der Waals surface area contributed by atoms with Crippen molar-refractivity contribution in [1.29, 1.82) is 0 Å². The fraction of sp³-hybridized carbons (Fsp3) is 0.556. The molecule has 0 saturated carbocycles. The normalized spacial score (nSPS) is 16.6. The number of β-amino-alcohol motifs (C(OH)–C–C–N with tert-alkyl or cyclic N) is 1. The van der Waals surface area contributed by atoms with Crippen LogP contribution in [0.5, 0.6) is 0 Å². The van der Waals surface area contributed by atoms with Gasteiger partial charge in [0.05, 0.1) is 13.2 Å². The first-order chi connectivity index (χ1) is 11.7. The molecule has 6 heteroatoms. The van der Waals surface area contributed by atoms with E-state index < -0.39 is 0 Å². The first-order valence-corrected chi connectivity index (χ1v) is 8.68. The molecule has 1 saturated heterocycles. The quantitative estimate of drug-likeness (QED) is 0.807. The third-order valence-corrected chi connectivity index (χ3v) is 4.60. The molecular formula is C18H26N4O2. The Kier molecular flexibility index (Phi) is 5.96. The molecule has 1 aliphatic rings. The molecule has 1 aromatic heterocycles. The molecule has 0 spiro atoms. The van der Waals surface area contributed by atoms with E-state index in [9.17, 15) is 0 Å². The number of aromatic nitrogens is 2. The third kappa shape index (κ3) is 4.63. The Bertz CT molecular complexity index is 618. The zero-order valence-corrected chi connectivity index (χ0v) is 14.2. The Morgan fingerprint density at radius 3 is 2.67 bits per heavy atom. The number of nitrogens with one attached hydrogen (secondary N) is 1. The van der Waals surface area contributed by atoms with Gasteiger partial charge in [0.1, 0.15) is 0 Å². The molecular weight excluding hydrogens is 304 g/mol. The molecule has 0 radical (unpaired) electrons. The summed E-state index contributed by atoms with van der Waals surface area (Å²) >= 11 is 0. The highest BCUT2D eigenvalue weighted by Gasteiger charge is 2.18. The van der Waals surface area contributed by atoms with Crippen LogP contribution in [0.4, 0.5) is 0 Å². The van der Waals surface area contributed by atoms with Crippen molar-refractivity contribution in [3.8, 4) is 11.5 Å². The predicted octanol–water partition coefficient (Wildman–Crippen LogP) is 1.84. The first kappa shape index (κ1) is 17.1. The van der Waals surface area contributed by atoms with E-state index in [0.29, 0.717) is 24.2 Å². The van der Waals surface area contributed by atoms with Gasteiger partial charge >= 0.3 is 0 Å². The van der Waals surface area contributed by atoms with Gasteiger partial charge in [0.2, 0.25) is 11.8 Å². The minimum Gasteiger partial charge on any atom is -0.419 e. The number of rotatable bonds is 7. The average Bonchev–Trinajstić information content (AvgIpc) is 3.06. The van der Waals surface area contributed by atoms with Crippen molar-refractivity contribution >= 4 is 0 Å². The molecule has 0 atom stereocenters. The van der Waals surface area contributed by atoms with Crippen molar-refractivity contribution in [2.75, 3.05) is 32.8 Å². The lowest BCUT2D eigenvalue weighted by atomic mass is 9.97. The number of aryl methyl sites for hydroxylation is 1. The largest absolute Gasteiger partial charge is 0.419 e. The minimum atomic E-state index is 0.253. The van der Waals surface area contributed by atoms with Crippen LogP contribution in [0.2, 0.25) is 0 Å². The van der Waals surface area contributed by atoms with Crippen LogP contribution < -0.4 is 5.32 Å². The molecule has 0 amide bonds. The summed E-state index contributed by atoms with van der Waals surface area (Å²) in [5.41, 5.74) is 2.17. The second kappa shape index (κ2) is 8.37. The van der Waals surface area contributed by atoms with Crippen LogP contribution in [-0.4, -0.2) is 53.0 Å². The van der Waals surface area contributed by atoms with E-state index >= 15 is 0 Å². The van der Waals surface area contributed by atoms with Crippen molar-refractivity contribution in [3.63, 3.8) is 0 Å². The van der Waals surface area contributed by atoms with E-state index in [1.807, 2.05) is 24.3 Å². The number of hydrogen-bond donors (Lipinski definition) is 2. The van der Waals surface area contributed by atoms with Crippen LogP contribution in [0.1, 0.15) is 24.3 Å². The van der Waals surface area contributed by atoms with Gasteiger partial charge in [-0.2, -0.15) is 0 Å². The van der Waals surface area contributed by atoms with Gasteiger partial charge in [-0.15, -0.1) is 10.2 Å². The summed E-state index contributed by atoms with van der Waals surface area (Å²) in [4.78, 5) is 2.32. The number of hydrogen-bond acceptors (Lipinski definition) is 6. The lowest BCUT2D eigenvalue weighted by Crippen LogP contribution is -2.38. The minimum absolute atomic E-state index is 0.253. The predicted molar refractivity (Wildman–Crippen MR) is 92.4 cm³/mol. The molecule has 0 aliphatic carbocycles. The maximum Gasteiger partial charge on any atom is 0.247 e. The summed E-state index contributed by atoms with van der Waals surface area (Å²) in [6.45, 7) is 6.83. The lowest BCUT2D eigenvalue weighted by Gasteiger charge is -2.31. The smallest absolute Gasteiger partial charge is 0.247 e. The molecule has 130 valence electrons. The number of piperidine rings is 1. The standard InChI is InChI=1S/C18H26N4O2/c1-14-2-4-16(5-3-14)18-21-20-17(24-18)13-19-12-15-6-8-22(9-7-15)10-11-23/h2-5,15,19,23H,6-13H2,1H3. The van der Waals surface area contributed by atoms with E-state index in [2.05, 4.69) is 27.3 Å². The Morgan fingerprint density at radius 1 is 1.21 bits per heavy atom. The van der Waals surface area contributed by atoms with Gasteiger partial charge in [0, 0.05) is 12.1 Å². The molecule has 3 rings (SSSR count). The van der Waals surface area contributed by atoms with Gasteiger partial charge in [-0.3, -0.25) is 0 Å². The zero-order valence-electron chi connectivity index (χ0n) is 14.2. The fourth-order valence-corrected chi connectivity index (χ4v) is 3.08. The summed E-state index contributed by atoms with van der Waals surface area (Å²) in [6.07, 6.45) is 2.34. The average molecular weight is 330 g/mol. The van der Waals surface area contributed by atoms with E-state index in [0.717, 1.165) is 31.7 Å². The van der Waals surface area contributed by atoms with Gasteiger partial charge in [0.15, 0.2) is 0 Å². The Labute approximate surface area is 142 Å². The van der Waals surface area contributed by atoms with Crippen LogP contribution in [0.3, 0.4) is 0 Å². The summed E-state index contributed by atoms with van der Waals surface area (Å²) in [5.74, 6) is 1.88. The van der Waals surface area contributed by atoms with Crippen molar-refractivity contribution in [2.24, 2.45) is 5.92 Å². The van der Waals surface area contributed by atoms with Crippen LogP contribution in [0.15, 0.2) is 28.7 Å². The molecule has 0 unspecified atom stereocenters. The third-order valence-electron chi connectivity index (χ3n) is 4.60. The highest BCUT2D eigenvalue weighted by molar-refractivity contribution is 5.52. The highest BCUT2D eigenvalue weighted by Crippen LogP contribution is 2.19. The van der Waals surface area contributed by atoms with Crippen LogP contribution in [0, 0.1) is 12.8 Å². The monoisotopic (exact) mass is 330 g/mol. The number of aliphatic hydroxyl groups excluding tert-OH is 1. The Morgan fingerprint density at radius 2 is 1.96 bits per heavy atom. The van der Waals surface area contributed by atoms with E-state index in [-0.39, 0.29) is 6.61 Å². The number of likely N-dealkylation sites (tertiary alicyclic amines) is 1. The zero-order chi connectivity index (χ0) is 16.8. The summed E-state index contributed by atoms with van der Waals surface area (Å²) in [7, 11) is 0. The van der Waals surface area contributed by atoms with Crippen molar-refractivity contribution in [1.82, 2.24) is 20.4 Å². The van der Waals surface area contributed by atoms with Crippen LogP contribution >= 0.6 is 0 Å². The molecule has 2 aromatic rings. The van der Waals surface area contributed by atoms with Gasteiger partial charge < -0.3 is 19.7 Å². The van der Waals surface area contributed by atoms with Crippen molar-refractivity contribution in [3.05, 3.63) is 35.7 Å². The van der Waals surface area contributed by atoms with E-state index in [1.54, 1.807) is 0 Å². The molecule has 2 heterocycles. The molecule has 2 N–H and O–H groups in total. The van der Waals surface area contributed by atoms with E-state index in [4.69, 9.17) is 9.52 Å². The summed E-state index contributed by atoms with van der Waals surface area (Å²) in [6, 6.07) is 8.08. The number of nitrogens with zero attached hydrogens (tertiary/aromatic N) is 3. The fourth-order valence-electron chi connectivity index (χ4n) is 3.08. The van der Waals surface area contributed by atoms with Gasteiger partial charge in [0.25, 0.3) is 0 Å². The van der Waals surface area contributed by atoms with Crippen LogP contribution in [0.25, 0.3) is 11.5 Å². The molecule has 6 nitrogen and oxygen atoms in total. The first-order valence-electron chi connectivity index (χ1n) is 8.68. The molecule has 1 aliphatic heterocycles. The maximum atomic E-state index is 8.97. The highest BCUT2D eigenvalue weighted by atomic mass is 16.4. The summed E-state index contributed by atoms with van der Waals surface area (Å²) < 4.78 is 5.73. The molecule has 1 fully saturated rings. The van der Waals surface area contributed by atoms with Gasteiger partial charge in [-0.1, -0.05) is 17.7 Å². The second-order valence-electron chi connectivity index (χ2n) is 6.51. The van der Waals surface area contributed by atoms with Gasteiger partial charge in [-0.05, 0) is 57.5 Å². The number of aliphatic hydroxyl groups is 1. The van der Waals surface area contributed by atoms with E-state index in [1.165, 1.54) is 18.4 Å². The summed E-state index contributed by atoms with van der Waals surface area (Å²) in [5, 5.41) is 20.6.